The molecule has 2 rings (SSSR count). The van der Waals surface area contributed by atoms with Gasteiger partial charge in [-0.1, -0.05) is 5.16 Å². The van der Waals surface area contributed by atoms with E-state index < -0.39 is 5.97 Å². The first-order chi connectivity index (χ1) is 6.77. The van der Waals surface area contributed by atoms with Crippen LogP contribution in [0.5, 0.6) is 0 Å². The number of carboxylic acid groups (broad SMARTS) is 1. The van der Waals surface area contributed by atoms with E-state index in [9.17, 15) is 4.79 Å². The van der Waals surface area contributed by atoms with Gasteiger partial charge in [-0.15, -0.1) is 0 Å². The standard InChI is InChI=1S/C8H11N3O3/c12-8(13)5-1-2-6(5)9-3-7-10-4-14-11-7/h4-6,9H,1-3H2,(H,12,13). The maximum absolute atomic E-state index is 10.7. The number of carbonyl (C=O) groups is 1. The molecule has 0 bridgehead atoms. The number of nitrogens with zero attached hydrogens (tertiary/aromatic N) is 2. The topological polar surface area (TPSA) is 88.2 Å². The molecule has 14 heavy (non-hydrogen) atoms. The number of aromatic nitrogens is 2. The summed E-state index contributed by atoms with van der Waals surface area (Å²) in [5.74, 6) is -0.440. The number of rotatable bonds is 4. The third kappa shape index (κ3) is 1.74. The van der Waals surface area contributed by atoms with Crippen molar-refractivity contribution in [2.24, 2.45) is 5.92 Å². The van der Waals surface area contributed by atoms with Crippen molar-refractivity contribution in [3.05, 3.63) is 12.2 Å². The molecule has 2 N–H and O–H groups in total. The molecule has 1 fully saturated rings. The number of nitrogens with one attached hydrogen (secondary N) is 1. The molecule has 2 unspecified atom stereocenters. The van der Waals surface area contributed by atoms with E-state index in [4.69, 9.17) is 5.11 Å². The van der Waals surface area contributed by atoms with E-state index in [0.717, 1.165) is 12.8 Å². The van der Waals surface area contributed by atoms with Crippen LogP contribution < -0.4 is 5.32 Å². The van der Waals surface area contributed by atoms with Gasteiger partial charge in [0.15, 0.2) is 5.82 Å². The molecule has 6 nitrogen and oxygen atoms in total. The summed E-state index contributed by atoms with van der Waals surface area (Å²) in [6, 6.07) is 0.0472. The predicted molar refractivity (Wildman–Crippen MR) is 45.3 cm³/mol. The van der Waals surface area contributed by atoms with Gasteiger partial charge in [0, 0.05) is 6.04 Å². The Morgan fingerprint density at radius 3 is 3.07 bits per heavy atom. The molecule has 0 saturated heterocycles. The number of hydrogen-bond acceptors (Lipinski definition) is 5. The number of aliphatic carboxylic acids is 1. The number of carboxylic acids is 1. The van der Waals surface area contributed by atoms with Gasteiger partial charge in [0.2, 0.25) is 6.39 Å². The summed E-state index contributed by atoms with van der Waals surface area (Å²) >= 11 is 0. The van der Waals surface area contributed by atoms with E-state index in [1.807, 2.05) is 0 Å². The second-order valence-electron chi connectivity index (χ2n) is 3.36. The molecular weight excluding hydrogens is 186 g/mol. The van der Waals surface area contributed by atoms with E-state index >= 15 is 0 Å². The van der Waals surface area contributed by atoms with Gasteiger partial charge in [-0.2, -0.15) is 4.98 Å². The van der Waals surface area contributed by atoms with E-state index in [1.165, 1.54) is 6.39 Å². The van der Waals surface area contributed by atoms with Gasteiger partial charge < -0.3 is 14.9 Å². The third-order valence-electron chi connectivity index (χ3n) is 2.52. The van der Waals surface area contributed by atoms with E-state index in [1.54, 1.807) is 0 Å². The first-order valence-corrected chi connectivity index (χ1v) is 4.49. The molecule has 1 heterocycles. The summed E-state index contributed by atoms with van der Waals surface area (Å²) in [5, 5.41) is 15.5. The Balaban J connectivity index is 1.79. The van der Waals surface area contributed by atoms with Crippen LogP contribution in [0.25, 0.3) is 0 Å². The first kappa shape index (κ1) is 9.14. The summed E-state index contributed by atoms with van der Waals surface area (Å²) in [6.07, 6.45) is 2.90. The Labute approximate surface area is 80.3 Å². The largest absolute Gasteiger partial charge is 0.481 e. The highest BCUT2D eigenvalue weighted by Crippen LogP contribution is 2.27. The average Bonchev–Trinajstić information content (AvgIpc) is 2.53. The fourth-order valence-corrected chi connectivity index (χ4v) is 1.53. The molecule has 1 aliphatic carbocycles. The molecule has 1 saturated carbocycles. The molecule has 1 aromatic heterocycles. The Kier molecular flexibility index (Phi) is 2.45. The average molecular weight is 197 g/mol. The fraction of sp³-hybridized carbons (Fsp3) is 0.625. The highest BCUT2D eigenvalue weighted by atomic mass is 16.5. The van der Waals surface area contributed by atoms with Crippen LogP contribution in [0.3, 0.4) is 0 Å². The lowest BCUT2D eigenvalue weighted by Crippen LogP contribution is -2.47. The Morgan fingerprint density at radius 2 is 2.57 bits per heavy atom. The molecule has 0 radical (unpaired) electrons. The molecule has 0 spiro atoms. The maximum Gasteiger partial charge on any atom is 0.308 e. The van der Waals surface area contributed by atoms with Crippen LogP contribution in [-0.2, 0) is 11.3 Å². The predicted octanol–water partition coefficient (Wildman–Crippen LogP) is 0.0224. The third-order valence-corrected chi connectivity index (χ3v) is 2.52. The van der Waals surface area contributed by atoms with E-state index in [2.05, 4.69) is 20.0 Å². The SMILES string of the molecule is O=C(O)C1CCC1NCc1ncon1. The Hall–Kier alpha value is -1.43. The van der Waals surface area contributed by atoms with Crippen molar-refractivity contribution in [3.63, 3.8) is 0 Å². The van der Waals surface area contributed by atoms with Gasteiger partial charge in [0.05, 0.1) is 12.5 Å². The zero-order valence-electron chi connectivity index (χ0n) is 7.51. The summed E-state index contributed by atoms with van der Waals surface area (Å²) in [7, 11) is 0. The molecule has 1 aliphatic rings. The van der Waals surface area contributed by atoms with Gasteiger partial charge in [-0.25, -0.2) is 0 Å². The monoisotopic (exact) mass is 197 g/mol. The van der Waals surface area contributed by atoms with Crippen LogP contribution in [0.15, 0.2) is 10.9 Å². The molecule has 1 aromatic rings. The van der Waals surface area contributed by atoms with Crippen LogP contribution in [0, 0.1) is 5.92 Å². The fourth-order valence-electron chi connectivity index (χ4n) is 1.53. The second kappa shape index (κ2) is 3.75. The highest BCUT2D eigenvalue weighted by Gasteiger charge is 2.36. The lowest BCUT2D eigenvalue weighted by molar-refractivity contribution is -0.146. The lowest BCUT2D eigenvalue weighted by atomic mass is 9.79. The van der Waals surface area contributed by atoms with Crippen molar-refractivity contribution in [3.8, 4) is 0 Å². The van der Waals surface area contributed by atoms with E-state index in [0.29, 0.717) is 12.4 Å². The van der Waals surface area contributed by atoms with E-state index in [-0.39, 0.29) is 12.0 Å². The van der Waals surface area contributed by atoms with Gasteiger partial charge >= 0.3 is 5.97 Å². The minimum atomic E-state index is -0.734. The maximum atomic E-state index is 10.7. The summed E-state index contributed by atoms with van der Waals surface area (Å²) in [6.45, 7) is 0.463. The van der Waals surface area contributed by atoms with Gasteiger partial charge in [-0.05, 0) is 12.8 Å². The lowest BCUT2D eigenvalue weighted by Gasteiger charge is -2.33. The van der Waals surface area contributed by atoms with Gasteiger partial charge in [0.1, 0.15) is 0 Å². The first-order valence-electron chi connectivity index (χ1n) is 4.49. The summed E-state index contributed by atoms with van der Waals surface area (Å²) in [5.41, 5.74) is 0. The van der Waals surface area contributed by atoms with Crippen molar-refractivity contribution < 1.29 is 14.4 Å². The van der Waals surface area contributed by atoms with Gasteiger partial charge in [0.25, 0.3) is 0 Å². The Bertz CT molecular complexity index is 312. The minimum Gasteiger partial charge on any atom is -0.481 e. The molecule has 0 aliphatic heterocycles. The molecular formula is C8H11N3O3. The summed E-state index contributed by atoms with van der Waals surface area (Å²) in [4.78, 5) is 14.5. The van der Waals surface area contributed by atoms with Crippen LogP contribution >= 0.6 is 0 Å². The van der Waals surface area contributed by atoms with Crippen molar-refractivity contribution in [1.29, 1.82) is 0 Å². The molecule has 76 valence electrons. The van der Waals surface area contributed by atoms with Crippen molar-refractivity contribution >= 4 is 5.97 Å². The zero-order chi connectivity index (χ0) is 9.97. The zero-order valence-corrected chi connectivity index (χ0v) is 7.51. The van der Waals surface area contributed by atoms with Crippen molar-refractivity contribution in [2.45, 2.75) is 25.4 Å². The van der Waals surface area contributed by atoms with Gasteiger partial charge in [-0.3, -0.25) is 4.79 Å². The van der Waals surface area contributed by atoms with Crippen LogP contribution in [0.1, 0.15) is 18.7 Å². The van der Waals surface area contributed by atoms with Crippen LogP contribution in [0.2, 0.25) is 0 Å². The van der Waals surface area contributed by atoms with Crippen LogP contribution in [0.4, 0.5) is 0 Å². The quantitative estimate of drug-likeness (QED) is 0.707. The normalized spacial score (nSPS) is 25.7. The molecule has 0 amide bonds. The second-order valence-corrected chi connectivity index (χ2v) is 3.36. The minimum absolute atomic E-state index is 0.0472. The van der Waals surface area contributed by atoms with Crippen LogP contribution in [-0.4, -0.2) is 27.3 Å². The summed E-state index contributed by atoms with van der Waals surface area (Å²) < 4.78 is 4.56. The smallest absolute Gasteiger partial charge is 0.308 e. The highest BCUT2D eigenvalue weighted by molar-refractivity contribution is 5.72. The Morgan fingerprint density at radius 1 is 1.71 bits per heavy atom. The number of hydrogen-bond donors (Lipinski definition) is 2. The molecule has 6 heteroatoms. The van der Waals surface area contributed by atoms with Crippen molar-refractivity contribution in [2.75, 3.05) is 0 Å². The molecule has 0 aromatic carbocycles. The van der Waals surface area contributed by atoms with Crippen molar-refractivity contribution in [1.82, 2.24) is 15.5 Å². The molecule has 2 atom stereocenters.